The van der Waals surface area contributed by atoms with Crippen molar-refractivity contribution in [1.82, 2.24) is 20.0 Å². The molecule has 1 fully saturated rings. The van der Waals surface area contributed by atoms with Gasteiger partial charge in [0.2, 0.25) is 11.8 Å². The second kappa shape index (κ2) is 12.7. The third-order valence-corrected chi connectivity index (χ3v) is 7.60. The summed E-state index contributed by atoms with van der Waals surface area (Å²) < 4.78 is 15.6. The summed E-state index contributed by atoms with van der Waals surface area (Å²) in [6.07, 6.45) is 2.34. The van der Waals surface area contributed by atoms with Crippen LogP contribution in [0.2, 0.25) is 5.02 Å². The fourth-order valence-corrected chi connectivity index (χ4v) is 5.17. The summed E-state index contributed by atoms with van der Waals surface area (Å²) in [5, 5.41) is 7.49. The molecule has 1 aliphatic carbocycles. The molecule has 10 heteroatoms. The van der Waals surface area contributed by atoms with Crippen molar-refractivity contribution < 1.29 is 23.6 Å². The topological polar surface area (TPSA) is 101 Å². The summed E-state index contributed by atoms with van der Waals surface area (Å²) in [5.74, 6) is -1.82. The summed E-state index contributed by atoms with van der Waals surface area (Å²) in [4.78, 5) is 53.5. The summed E-state index contributed by atoms with van der Waals surface area (Å²) in [7, 11) is 0. The van der Waals surface area contributed by atoms with Gasteiger partial charge in [-0.25, -0.2) is 4.39 Å². The molecule has 0 saturated heterocycles. The summed E-state index contributed by atoms with van der Waals surface area (Å²) >= 11 is 5.82. The Kier molecular flexibility index (Phi) is 8.77. The standard InChI is InChI=1S/C32H30ClFN4O4/c1-20(39)32-30-24(27(40)16-13-21-7-3-2-4-8-21)10-6-12-26(30)38(36-32)19-29(42)37(23-14-15-23)18-28(41)35-17-22-9-5-11-25(33)31(22)34/h2-12,23H,13-19H2,1H3,(H,35,41). The van der Waals surface area contributed by atoms with Gasteiger partial charge in [0.15, 0.2) is 11.6 Å². The van der Waals surface area contributed by atoms with E-state index in [9.17, 15) is 23.6 Å². The molecule has 1 N–H and O–H groups in total. The largest absolute Gasteiger partial charge is 0.350 e. The normalized spacial score (nSPS) is 12.7. The highest BCUT2D eigenvalue weighted by Crippen LogP contribution is 2.29. The van der Waals surface area contributed by atoms with E-state index in [-0.39, 0.29) is 65.9 Å². The van der Waals surface area contributed by atoms with Crippen LogP contribution in [-0.2, 0) is 29.1 Å². The molecule has 1 aromatic heterocycles. The number of Topliss-reactive ketones (excluding diaryl/α,β-unsaturated/α-hetero) is 2. The number of rotatable bonds is 12. The maximum Gasteiger partial charge on any atom is 0.245 e. The van der Waals surface area contributed by atoms with E-state index >= 15 is 0 Å². The highest BCUT2D eigenvalue weighted by molar-refractivity contribution is 6.30. The summed E-state index contributed by atoms with van der Waals surface area (Å²) in [6, 6.07) is 19.3. The van der Waals surface area contributed by atoms with E-state index in [2.05, 4.69) is 10.4 Å². The molecule has 2 amide bonds. The van der Waals surface area contributed by atoms with Crippen LogP contribution in [0.25, 0.3) is 10.9 Å². The Morgan fingerprint density at radius 2 is 1.76 bits per heavy atom. The molecule has 1 saturated carbocycles. The van der Waals surface area contributed by atoms with E-state index in [1.807, 2.05) is 30.3 Å². The molecule has 42 heavy (non-hydrogen) atoms. The maximum atomic E-state index is 14.2. The predicted octanol–water partition coefficient (Wildman–Crippen LogP) is 5.15. The van der Waals surface area contributed by atoms with E-state index in [4.69, 9.17) is 11.6 Å². The van der Waals surface area contributed by atoms with Crippen LogP contribution in [0, 0.1) is 5.82 Å². The number of carbonyl (C=O) groups excluding carboxylic acids is 4. The fraction of sp³-hybridized carbons (Fsp3) is 0.281. The lowest BCUT2D eigenvalue weighted by Gasteiger charge is -2.22. The van der Waals surface area contributed by atoms with Crippen LogP contribution in [-0.4, -0.2) is 50.6 Å². The molecule has 0 unspecified atom stereocenters. The van der Waals surface area contributed by atoms with E-state index in [1.54, 1.807) is 24.3 Å². The van der Waals surface area contributed by atoms with Crippen molar-refractivity contribution in [2.24, 2.45) is 0 Å². The molecule has 216 valence electrons. The number of carbonyl (C=O) groups is 4. The minimum Gasteiger partial charge on any atom is -0.350 e. The van der Waals surface area contributed by atoms with Gasteiger partial charge in [0, 0.05) is 42.4 Å². The van der Waals surface area contributed by atoms with Crippen molar-refractivity contribution in [2.45, 2.75) is 51.7 Å². The van der Waals surface area contributed by atoms with Crippen molar-refractivity contribution in [2.75, 3.05) is 6.54 Å². The van der Waals surface area contributed by atoms with Crippen LogP contribution >= 0.6 is 11.6 Å². The smallest absolute Gasteiger partial charge is 0.245 e. The van der Waals surface area contributed by atoms with Gasteiger partial charge in [-0.1, -0.05) is 66.2 Å². The number of aryl methyl sites for hydroxylation is 1. The number of hydrogen-bond donors (Lipinski definition) is 1. The number of nitrogens with zero attached hydrogens (tertiary/aromatic N) is 3. The Morgan fingerprint density at radius 1 is 1.02 bits per heavy atom. The maximum absolute atomic E-state index is 14.2. The van der Waals surface area contributed by atoms with Gasteiger partial charge in [0.25, 0.3) is 0 Å². The van der Waals surface area contributed by atoms with E-state index in [1.165, 1.54) is 28.6 Å². The molecule has 0 atom stereocenters. The fourth-order valence-electron chi connectivity index (χ4n) is 4.98. The quantitative estimate of drug-likeness (QED) is 0.231. The Hall–Kier alpha value is -4.37. The van der Waals surface area contributed by atoms with Gasteiger partial charge < -0.3 is 10.2 Å². The molecule has 0 bridgehead atoms. The number of hydrogen-bond acceptors (Lipinski definition) is 5. The zero-order valence-electron chi connectivity index (χ0n) is 23.1. The number of halogens is 2. The monoisotopic (exact) mass is 588 g/mol. The van der Waals surface area contributed by atoms with Crippen molar-refractivity contribution in [3.63, 3.8) is 0 Å². The minimum absolute atomic E-state index is 0.0334. The average molecular weight is 589 g/mol. The SMILES string of the molecule is CC(=O)c1nn(CC(=O)N(CC(=O)NCc2cccc(Cl)c2F)C2CC2)c2cccc(C(=O)CCc3ccccc3)c12. The van der Waals surface area contributed by atoms with Crippen LogP contribution in [0.5, 0.6) is 0 Å². The van der Waals surface area contributed by atoms with Crippen molar-refractivity contribution in [1.29, 1.82) is 0 Å². The zero-order chi connectivity index (χ0) is 29.8. The van der Waals surface area contributed by atoms with E-state index in [0.29, 0.717) is 22.9 Å². The predicted molar refractivity (Wildman–Crippen MR) is 157 cm³/mol. The first kappa shape index (κ1) is 29.1. The summed E-state index contributed by atoms with van der Waals surface area (Å²) in [6.45, 7) is 0.902. The van der Waals surface area contributed by atoms with Gasteiger partial charge in [0.1, 0.15) is 18.1 Å². The van der Waals surface area contributed by atoms with Crippen LogP contribution in [0.3, 0.4) is 0 Å². The van der Waals surface area contributed by atoms with Gasteiger partial charge in [-0.3, -0.25) is 23.9 Å². The molecular formula is C32H30ClFN4O4. The second-order valence-corrected chi connectivity index (χ2v) is 10.8. The van der Waals surface area contributed by atoms with Gasteiger partial charge in [-0.2, -0.15) is 5.10 Å². The first-order valence-corrected chi connectivity index (χ1v) is 14.2. The van der Waals surface area contributed by atoms with Crippen molar-refractivity contribution in [3.05, 3.63) is 100.0 Å². The minimum atomic E-state index is -0.598. The number of aromatic nitrogens is 2. The molecule has 3 aromatic carbocycles. The highest BCUT2D eigenvalue weighted by atomic mass is 35.5. The number of ketones is 2. The van der Waals surface area contributed by atoms with Crippen LogP contribution in [0.1, 0.15) is 58.2 Å². The van der Waals surface area contributed by atoms with Gasteiger partial charge >= 0.3 is 0 Å². The molecule has 1 aliphatic rings. The lowest BCUT2D eigenvalue weighted by molar-refractivity contribution is -0.137. The molecule has 8 nitrogen and oxygen atoms in total. The molecule has 5 rings (SSSR count). The van der Waals surface area contributed by atoms with E-state index < -0.39 is 11.7 Å². The van der Waals surface area contributed by atoms with Gasteiger partial charge in [-0.05, 0) is 37.0 Å². The molecular weight excluding hydrogens is 559 g/mol. The number of benzene rings is 3. The molecule has 4 aromatic rings. The van der Waals surface area contributed by atoms with Crippen molar-refractivity contribution >= 4 is 45.9 Å². The Bertz CT molecular complexity index is 1670. The number of amides is 2. The van der Waals surface area contributed by atoms with E-state index in [0.717, 1.165) is 18.4 Å². The average Bonchev–Trinajstić information content (AvgIpc) is 3.76. The molecule has 0 aliphatic heterocycles. The van der Waals surface area contributed by atoms with Crippen molar-refractivity contribution in [3.8, 4) is 0 Å². The third kappa shape index (κ3) is 6.57. The number of nitrogens with one attached hydrogen (secondary N) is 1. The Labute approximate surface area is 247 Å². The zero-order valence-corrected chi connectivity index (χ0v) is 23.9. The van der Waals surface area contributed by atoms with Gasteiger partial charge in [-0.15, -0.1) is 0 Å². The van der Waals surface area contributed by atoms with Crippen LogP contribution in [0.15, 0.2) is 66.7 Å². The lowest BCUT2D eigenvalue weighted by atomic mass is 9.98. The summed E-state index contributed by atoms with van der Waals surface area (Å²) in [5.41, 5.74) is 2.29. The molecule has 0 spiro atoms. The number of fused-ring (bicyclic) bond motifs is 1. The Balaban J connectivity index is 1.32. The Morgan fingerprint density at radius 3 is 2.48 bits per heavy atom. The second-order valence-electron chi connectivity index (χ2n) is 10.4. The molecule has 1 heterocycles. The highest BCUT2D eigenvalue weighted by Gasteiger charge is 2.34. The lowest BCUT2D eigenvalue weighted by Crippen LogP contribution is -2.43. The first-order chi connectivity index (χ1) is 20.2. The first-order valence-electron chi connectivity index (χ1n) is 13.8. The molecule has 0 radical (unpaired) electrons. The van der Waals surface area contributed by atoms with Gasteiger partial charge in [0.05, 0.1) is 17.1 Å². The van der Waals surface area contributed by atoms with Crippen LogP contribution in [0.4, 0.5) is 4.39 Å². The van der Waals surface area contributed by atoms with Crippen LogP contribution < -0.4 is 5.32 Å². The third-order valence-electron chi connectivity index (χ3n) is 7.31.